The highest BCUT2D eigenvalue weighted by Gasteiger charge is 2.09. The van der Waals surface area contributed by atoms with Crippen LogP contribution in [0.5, 0.6) is 0 Å². The van der Waals surface area contributed by atoms with E-state index in [4.69, 9.17) is 0 Å². The van der Waals surface area contributed by atoms with Gasteiger partial charge in [0.05, 0.1) is 0 Å². The molecule has 4 heteroatoms. The summed E-state index contributed by atoms with van der Waals surface area (Å²) in [5.74, 6) is 2.14. The highest BCUT2D eigenvalue weighted by molar-refractivity contribution is 5.54. The molecule has 0 fully saturated rings. The van der Waals surface area contributed by atoms with Crippen LogP contribution in [0, 0.1) is 5.82 Å². The Kier molecular flexibility index (Phi) is 7.11. The zero-order valence-corrected chi connectivity index (χ0v) is 14.2. The summed E-state index contributed by atoms with van der Waals surface area (Å²) in [5, 5.41) is 0. The van der Waals surface area contributed by atoms with Gasteiger partial charge < -0.3 is 0 Å². The number of benzene rings is 1. The Morgan fingerprint density at radius 3 is 1.74 bits per heavy atom. The summed E-state index contributed by atoms with van der Waals surface area (Å²) >= 11 is 0. The predicted octanol–water partition coefficient (Wildman–Crippen LogP) is 5.14. The Hall–Kier alpha value is -1.84. The van der Waals surface area contributed by atoms with E-state index in [2.05, 4.69) is 28.8 Å². The minimum absolute atomic E-state index is 0.242. The molecular weight excluding hydrogens is 289 g/mol. The first-order valence-electron chi connectivity index (χ1n) is 8.72. The number of hydrogen-bond donors (Lipinski definition) is 0. The van der Waals surface area contributed by atoms with Gasteiger partial charge in [-0.25, -0.2) is 19.3 Å². The largest absolute Gasteiger partial charge is 0.218 e. The van der Waals surface area contributed by atoms with E-state index in [1.807, 2.05) is 0 Å². The Morgan fingerprint density at radius 2 is 1.26 bits per heavy atom. The van der Waals surface area contributed by atoms with Crippen LogP contribution in [0.2, 0.25) is 0 Å². The molecule has 0 atom stereocenters. The molecule has 3 nitrogen and oxygen atoms in total. The molecule has 2 rings (SSSR count). The standard InChI is InChI=1S/C19H26FN3/c1-3-5-7-9-17-21-18(10-8-6-4-2)23-19(22-17)15-11-13-16(20)14-12-15/h11-14H,3-10H2,1-2H3. The molecule has 0 spiro atoms. The van der Waals surface area contributed by atoms with Crippen molar-refractivity contribution in [1.82, 2.24) is 15.0 Å². The number of unbranched alkanes of at least 4 members (excludes halogenated alkanes) is 4. The highest BCUT2D eigenvalue weighted by Crippen LogP contribution is 2.17. The van der Waals surface area contributed by atoms with Crippen molar-refractivity contribution in [2.45, 2.75) is 65.2 Å². The molecule has 0 saturated carbocycles. The van der Waals surface area contributed by atoms with Gasteiger partial charge in [0.2, 0.25) is 0 Å². The lowest BCUT2D eigenvalue weighted by atomic mass is 10.1. The van der Waals surface area contributed by atoms with Crippen LogP contribution < -0.4 is 0 Å². The van der Waals surface area contributed by atoms with Gasteiger partial charge in [0.1, 0.15) is 17.5 Å². The molecule has 23 heavy (non-hydrogen) atoms. The van der Waals surface area contributed by atoms with Crippen LogP contribution in [0.3, 0.4) is 0 Å². The van der Waals surface area contributed by atoms with Crippen molar-refractivity contribution in [3.05, 3.63) is 41.7 Å². The summed E-state index contributed by atoms with van der Waals surface area (Å²) in [6, 6.07) is 6.37. The van der Waals surface area contributed by atoms with Gasteiger partial charge in [-0.1, -0.05) is 39.5 Å². The number of aryl methyl sites for hydroxylation is 2. The van der Waals surface area contributed by atoms with E-state index in [0.29, 0.717) is 5.82 Å². The first-order valence-corrected chi connectivity index (χ1v) is 8.72. The van der Waals surface area contributed by atoms with E-state index in [0.717, 1.165) is 42.9 Å². The van der Waals surface area contributed by atoms with Gasteiger partial charge >= 0.3 is 0 Å². The molecule has 0 bridgehead atoms. The Bertz CT molecular complexity index is 568. The van der Waals surface area contributed by atoms with E-state index in [1.54, 1.807) is 12.1 Å². The number of nitrogens with zero attached hydrogens (tertiary/aromatic N) is 3. The molecule has 1 heterocycles. The van der Waals surface area contributed by atoms with Crippen LogP contribution in [0.1, 0.15) is 64.0 Å². The number of halogens is 1. The highest BCUT2D eigenvalue weighted by atomic mass is 19.1. The van der Waals surface area contributed by atoms with Crippen LogP contribution in [0.25, 0.3) is 11.4 Å². The molecule has 1 aromatic heterocycles. The maximum absolute atomic E-state index is 13.1. The molecule has 0 N–H and O–H groups in total. The van der Waals surface area contributed by atoms with E-state index in [9.17, 15) is 4.39 Å². The van der Waals surface area contributed by atoms with Gasteiger partial charge in [0.15, 0.2) is 5.82 Å². The summed E-state index contributed by atoms with van der Waals surface area (Å²) in [6.45, 7) is 4.38. The third-order valence-corrected chi connectivity index (χ3v) is 3.84. The summed E-state index contributed by atoms with van der Waals surface area (Å²) in [5.41, 5.74) is 0.849. The van der Waals surface area contributed by atoms with Crippen molar-refractivity contribution in [3.8, 4) is 11.4 Å². The number of aromatic nitrogens is 3. The zero-order chi connectivity index (χ0) is 16.5. The summed E-state index contributed by atoms with van der Waals surface area (Å²) < 4.78 is 13.1. The average molecular weight is 315 g/mol. The molecule has 0 radical (unpaired) electrons. The fraction of sp³-hybridized carbons (Fsp3) is 0.526. The van der Waals surface area contributed by atoms with Crippen LogP contribution in [-0.2, 0) is 12.8 Å². The molecule has 124 valence electrons. The van der Waals surface area contributed by atoms with Crippen molar-refractivity contribution in [2.75, 3.05) is 0 Å². The van der Waals surface area contributed by atoms with Crippen molar-refractivity contribution in [1.29, 1.82) is 0 Å². The van der Waals surface area contributed by atoms with Crippen molar-refractivity contribution in [2.24, 2.45) is 0 Å². The monoisotopic (exact) mass is 315 g/mol. The first kappa shape index (κ1) is 17.5. The Labute approximate surface area is 138 Å². The van der Waals surface area contributed by atoms with E-state index in [-0.39, 0.29) is 5.82 Å². The van der Waals surface area contributed by atoms with Gasteiger partial charge in [-0.15, -0.1) is 0 Å². The lowest BCUT2D eigenvalue weighted by Gasteiger charge is -2.07. The van der Waals surface area contributed by atoms with Crippen LogP contribution in [0.15, 0.2) is 24.3 Å². The lowest BCUT2D eigenvalue weighted by molar-refractivity contribution is 0.628. The molecule has 0 aliphatic carbocycles. The maximum atomic E-state index is 13.1. The minimum atomic E-state index is -0.242. The first-order chi connectivity index (χ1) is 11.2. The molecule has 0 amide bonds. The topological polar surface area (TPSA) is 38.7 Å². The van der Waals surface area contributed by atoms with Crippen LogP contribution in [-0.4, -0.2) is 15.0 Å². The van der Waals surface area contributed by atoms with Gasteiger partial charge in [0, 0.05) is 18.4 Å². The fourth-order valence-electron chi connectivity index (χ4n) is 2.49. The van der Waals surface area contributed by atoms with Crippen LogP contribution >= 0.6 is 0 Å². The zero-order valence-electron chi connectivity index (χ0n) is 14.2. The van der Waals surface area contributed by atoms with Gasteiger partial charge in [0.25, 0.3) is 0 Å². The molecule has 1 aromatic carbocycles. The smallest absolute Gasteiger partial charge is 0.163 e. The van der Waals surface area contributed by atoms with Crippen molar-refractivity contribution in [3.63, 3.8) is 0 Å². The van der Waals surface area contributed by atoms with Crippen molar-refractivity contribution < 1.29 is 4.39 Å². The summed E-state index contributed by atoms with van der Waals surface area (Å²) in [6.07, 6.45) is 8.68. The SMILES string of the molecule is CCCCCc1nc(CCCCC)nc(-c2ccc(F)cc2)n1. The molecule has 0 aliphatic rings. The van der Waals surface area contributed by atoms with E-state index < -0.39 is 0 Å². The molecule has 0 saturated heterocycles. The number of hydrogen-bond acceptors (Lipinski definition) is 3. The minimum Gasteiger partial charge on any atom is -0.218 e. The second-order valence-corrected chi connectivity index (χ2v) is 5.91. The maximum Gasteiger partial charge on any atom is 0.163 e. The van der Waals surface area contributed by atoms with Gasteiger partial charge in [-0.3, -0.25) is 0 Å². The molecule has 0 aliphatic heterocycles. The Balaban J connectivity index is 2.22. The van der Waals surface area contributed by atoms with Gasteiger partial charge in [-0.05, 0) is 37.1 Å². The summed E-state index contributed by atoms with van der Waals surface area (Å²) in [7, 11) is 0. The second-order valence-electron chi connectivity index (χ2n) is 5.91. The molecule has 2 aromatic rings. The van der Waals surface area contributed by atoms with Crippen LogP contribution in [0.4, 0.5) is 4.39 Å². The normalized spacial score (nSPS) is 10.9. The number of rotatable bonds is 9. The third-order valence-electron chi connectivity index (χ3n) is 3.84. The molecule has 0 unspecified atom stereocenters. The summed E-state index contributed by atoms with van der Waals surface area (Å²) in [4.78, 5) is 13.8. The second kappa shape index (κ2) is 9.33. The lowest BCUT2D eigenvalue weighted by Crippen LogP contribution is -2.06. The fourth-order valence-corrected chi connectivity index (χ4v) is 2.49. The van der Waals surface area contributed by atoms with Crippen molar-refractivity contribution >= 4 is 0 Å². The van der Waals surface area contributed by atoms with E-state index in [1.165, 1.54) is 37.8 Å². The quantitative estimate of drug-likeness (QED) is 0.601. The molecular formula is C19H26FN3. The third kappa shape index (κ3) is 5.70. The predicted molar refractivity (Wildman–Crippen MR) is 91.7 cm³/mol. The van der Waals surface area contributed by atoms with E-state index >= 15 is 0 Å². The Morgan fingerprint density at radius 1 is 0.739 bits per heavy atom. The van der Waals surface area contributed by atoms with Gasteiger partial charge in [-0.2, -0.15) is 0 Å². The average Bonchev–Trinajstić information content (AvgIpc) is 2.56.